The van der Waals surface area contributed by atoms with Crippen LogP contribution in [0.4, 0.5) is 0 Å². The maximum atomic E-state index is 13.6. The molecule has 0 bridgehead atoms. The maximum Gasteiger partial charge on any atom is 0.343 e. The van der Waals surface area contributed by atoms with Gasteiger partial charge in [0.1, 0.15) is 12.4 Å². The van der Waals surface area contributed by atoms with Gasteiger partial charge in [0.25, 0.3) is 0 Å². The van der Waals surface area contributed by atoms with E-state index in [1.165, 1.54) is 67.2 Å². The first-order chi connectivity index (χ1) is 34.4. The second kappa shape index (κ2) is 23.5. The van der Waals surface area contributed by atoms with Gasteiger partial charge < -0.3 is 19.1 Å². The van der Waals surface area contributed by atoms with Crippen molar-refractivity contribution >= 4 is 30.3 Å². The Hall–Kier alpha value is -6.65. The van der Waals surface area contributed by atoms with Crippen molar-refractivity contribution in [1.29, 1.82) is 0 Å². The second-order valence-electron chi connectivity index (χ2n) is 20.5. The Kier molecular flexibility index (Phi) is 16.8. The van der Waals surface area contributed by atoms with Crippen LogP contribution < -0.4 is 19.1 Å². The van der Waals surface area contributed by atoms with Crippen molar-refractivity contribution < 1.29 is 28.8 Å². The van der Waals surface area contributed by atoms with Crippen LogP contribution in [0.1, 0.15) is 179 Å². The number of carbonyl (C=O) groups excluding carboxylic acids is 1. The van der Waals surface area contributed by atoms with Crippen LogP contribution in [0.3, 0.4) is 0 Å². The molecule has 0 saturated heterocycles. The maximum absolute atomic E-state index is 13.6. The van der Waals surface area contributed by atoms with Gasteiger partial charge in [0.2, 0.25) is 0 Å². The Balaban J connectivity index is 0.867. The van der Waals surface area contributed by atoms with E-state index in [0.717, 1.165) is 59.9 Å². The first kappa shape index (κ1) is 50.7. The molecule has 10 heteroatoms. The molecule has 1 atom stereocenters. The van der Waals surface area contributed by atoms with Gasteiger partial charge in [-0.3, -0.25) is 0 Å². The monoisotopic (exact) mass is 955 g/mol. The van der Waals surface area contributed by atoms with Crippen molar-refractivity contribution in [3.8, 4) is 23.5 Å². The van der Waals surface area contributed by atoms with Gasteiger partial charge in [-0.15, -0.1) is 0 Å². The summed E-state index contributed by atoms with van der Waals surface area (Å²) in [6.07, 6.45) is 28.6. The molecule has 0 N–H and O–H groups in total. The van der Waals surface area contributed by atoms with E-state index < -0.39 is 5.97 Å². The van der Waals surface area contributed by atoms with Crippen LogP contribution in [0.5, 0.6) is 23.5 Å². The van der Waals surface area contributed by atoms with Gasteiger partial charge >= 0.3 is 18.0 Å². The number of unbranched alkanes of at least 4 members (excludes halogenated alkanes) is 8. The minimum absolute atomic E-state index is 0.0955. The number of hydrogen-bond donors (Lipinski definition) is 0. The Morgan fingerprint density at radius 3 is 1.48 bits per heavy atom. The second-order valence-corrected chi connectivity index (χ2v) is 20.5. The third-order valence-electron chi connectivity index (χ3n) is 13.9. The highest BCUT2D eigenvalue weighted by Crippen LogP contribution is 2.63. The molecule has 0 fully saturated rings. The lowest BCUT2D eigenvalue weighted by molar-refractivity contribution is -0.217. The summed E-state index contributed by atoms with van der Waals surface area (Å²) in [5, 5.41) is 0. The summed E-state index contributed by atoms with van der Waals surface area (Å²) in [6.45, 7) is 15.2. The van der Waals surface area contributed by atoms with Gasteiger partial charge in [0.05, 0.1) is 18.8 Å². The van der Waals surface area contributed by atoms with E-state index in [1.54, 1.807) is 36.9 Å². The Bertz CT molecular complexity index is 2740. The molecule has 370 valence electrons. The molecule has 2 aromatic heterocycles. The number of esters is 1. The van der Waals surface area contributed by atoms with Gasteiger partial charge in [-0.1, -0.05) is 166 Å². The molecule has 8 rings (SSSR count). The topological polar surface area (TPSA) is 115 Å². The SMILES string of the molecule is CCCCCCCOc1ncc(C=Cc2ccc(COOc3ccc4c(c3)C3(CC4(C)C)CC(C)(C)c4ccc(OC(=O)c5ccc(C=Cc6cnc(OCCCCCCC)nc6)cc5)cc43)cc2)cn1. The molecule has 2 aliphatic rings. The zero-order valence-electron chi connectivity index (χ0n) is 42.5. The largest absolute Gasteiger partial charge is 0.463 e. The lowest BCUT2D eigenvalue weighted by Crippen LogP contribution is -2.27. The van der Waals surface area contributed by atoms with E-state index in [-0.39, 0.29) is 22.9 Å². The average Bonchev–Trinajstić information content (AvgIpc) is 3.74. The molecular weight excluding hydrogens is 885 g/mol. The van der Waals surface area contributed by atoms with E-state index in [1.807, 2.05) is 60.7 Å². The molecule has 4 aromatic carbocycles. The molecule has 1 unspecified atom stereocenters. The van der Waals surface area contributed by atoms with E-state index in [2.05, 4.69) is 97.9 Å². The van der Waals surface area contributed by atoms with Crippen LogP contribution in [-0.2, 0) is 27.7 Å². The number of rotatable bonds is 24. The molecule has 1 spiro atoms. The quantitative estimate of drug-likeness (QED) is 0.0191. The number of fused-ring (bicyclic) bond motifs is 4. The standard InChI is InChI=1S/C61H70N4O6/c1-7-9-11-13-15-33-67-57-62-37-47(38-63-57)23-19-44-17-21-46(22-18-44)41-69-71-51-30-32-53-55(36-51)61(43-60(53,5)6)42-59(3,4)52-31-29-50(35-54(52)61)70-56(66)49-27-25-45(26-28-49)20-24-48-39-64-58(65-40-48)68-34-16-14-12-10-8-2/h17-32,35-40H,7-16,33-34,41-43H2,1-6H3. The van der Waals surface area contributed by atoms with Crippen LogP contribution in [0.25, 0.3) is 24.3 Å². The van der Waals surface area contributed by atoms with Crippen molar-refractivity contribution in [3.05, 3.63) is 165 Å². The number of carbonyl (C=O) groups is 1. The van der Waals surface area contributed by atoms with Gasteiger partial charge in [0.15, 0.2) is 5.75 Å². The Labute approximate surface area is 420 Å². The van der Waals surface area contributed by atoms with Crippen LogP contribution in [0, 0.1) is 0 Å². The average molecular weight is 955 g/mol. The molecule has 0 amide bonds. The highest BCUT2D eigenvalue weighted by atomic mass is 17.2. The number of aromatic nitrogens is 4. The Morgan fingerprint density at radius 1 is 0.521 bits per heavy atom. The highest BCUT2D eigenvalue weighted by Gasteiger charge is 2.56. The molecular formula is C61H70N4O6. The van der Waals surface area contributed by atoms with Crippen molar-refractivity contribution in [2.45, 2.75) is 141 Å². The third kappa shape index (κ3) is 13.0. The predicted molar refractivity (Wildman–Crippen MR) is 283 cm³/mol. The number of benzene rings is 4. The highest BCUT2D eigenvalue weighted by molar-refractivity contribution is 5.91. The zero-order valence-corrected chi connectivity index (χ0v) is 42.5. The summed E-state index contributed by atoms with van der Waals surface area (Å²) in [7, 11) is 0. The molecule has 0 radical (unpaired) electrons. The van der Waals surface area contributed by atoms with E-state index in [9.17, 15) is 4.79 Å². The summed E-state index contributed by atoms with van der Waals surface area (Å²) in [6, 6.07) is 28.9. The molecule has 0 aliphatic heterocycles. The fourth-order valence-electron chi connectivity index (χ4n) is 10.3. The normalized spacial score (nSPS) is 16.4. The molecule has 10 nitrogen and oxygen atoms in total. The van der Waals surface area contributed by atoms with Crippen molar-refractivity contribution in [1.82, 2.24) is 19.9 Å². The molecule has 0 saturated carbocycles. The molecule has 2 heterocycles. The van der Waals surface area contributed by atoms with Crippen LogP contribution in [0.2, 0.25) is 0 Å². The fraction of sp³-hybridized carbons (Fsp3) is 0.393. The lowest BCUT2D eigenvalue weighted by atomic mass is 9.72. The van der Waals surface area contributed by atoms with Crippen molar-refractivity contribution in [2.24, 2.45) is 0 Å². The smallest absolute Gasteiger partial charge is 0.343 e. The van der Waals surface area contributed by atoms with E-state index in [4.69, 9.17) is 24.0 Å². The first-order valence-corrected chi connectivity index (χ1v) is 25.7. The van der Waals surface area contributed by atoms with Crippen molar-refractivity contribution in [2.75, 3.05) is 13.2 Å². The minimum Gasteiger partial charge on any atom is -0.463 e. The number of ether oxygens (including phenoxy) is 3. The van der Waals surface area contributed by atoms with Crippen LogP contribution in [0.15, 0.2) is 110 Å². The van der Waals surface area contributed by atoms with Gasteiger partial charge in [-0.2, -0.15) is 4.89 Å². The van der Waals surface area contributed by atoms with Gasteiger partial charge in [0, 0.05) is 41.3 Å². The fourth-order valence-corrected chi connectivity index (χ4v) is 10.3. The predicted octanol–water partition coefficient (Wildman–Crippen LogP) is 14.7. The summed E-state index contributed by atoms with van der Waals surface area (Å²) < 4.78 is 17.5. The van der Waals surface area contributed by atoms with Crippen molar-refractivity contribution in [3.63, 3.8) is 0 Å². The van der Waals surface area contributed by atoms with Crippen LogP contribution >= 0.6 is 0 Å². The van der Waals surface area contributed by atoms with E-state index in [0.29, 0.717) is 42.3 Å². The molecule has 2 aliphatic carbocycles. The molecule has 6 aromatic rings. The number of nitrogens with zero attached hydrogens (tertiary/aromatic N) is 4. The van der Waals surface area contributed by atoms with Gasteiger partial charge in [-0.05, 0) is 112 Å². The Morgan fingerprint density at radius 2 is 0.972 bits per heavy atom. The molecule has 71 heavy (non-hydrogen) atoms. The third-order valence-corrected chi connectivity index (χ3v) is 13.9. The van der Waals surface area contributed by atoms with E-state index >= 15 is 0 Å². The minimum atomic E-state index is -0.405. The summed E-state index contributed by atoms with van der Waals surface area (Å²) in [4.78, 5) is 42.9. The summed E-state index contributed by atoms with van der Waals surface area (Å²) in [5.74, 6) is 0.773. The summed E-state index contributed by atoms with van der Waals surface area (Å²) >= 11 is 0. The summed E-state index contributed by atoms with van der Waals surface area (Å²) in [5.41, 5.74) is 9.69. The zero-order chi connectivity index (χ0) is 49.7. The lowest BCUT2D eigenvalue weighted by Gasteiger charge is -2.30. The number of hydrogen-bond acceptors (Lipinski definition) is 10. The van der Waals surface area contributed by atoms with Crippen LogP contribution in [-0.4, -0.2) is 39.1 Å². The van der Waals surface area contributed by atoms with Gasteiger partial charge in [-0.25, -0.2) is 24.7 Å². The first-order valence-electron chi connectivity index (χ1n) is 25.7.